The molecule has 2 unspecified atom stereocenters. The Balaban J connectivity index is 1.52. The lowest BCUT2D eigenvalue weighted by atomic mass is 9.95. The fourth-order valence-electron chi connectivity index (χ4n) is 4.21. The van der Waals surface area contributed by atoms with Gasteiger partial charge in [-0.1, -0.05) is 76.6 Å². The molecular formula is C23H25BrCl2N4S. The van der Waals surface area contributed by atoms with E-state index in [1.54, 1.807) is 6.07 Å². The Morgan fingerprint density at radius 2 is 1.84 bits per heavy atom. The monoisotopic (exact) mass is 538 g/mol. The van der Waals surface area contributed by atoms with E-state index in [9.17, 15) is 0 Å². The van der Waals surface area contributed by atoms with Crippen molar-refractivity contribution in [3.8, 4) is 0 Å². The lowest BCUT2D eigenvalue weighted by Gasteiger charge is -2.27. The van der Waals surface area contributed by atoms with Gasteiger partial charge in [-0.25, -0.2) is 0 Å². The molecule has 8 heteroatoms. The standard InChI is InChI=1S/C23H25BrCl2N4S/c24-15-8-6-14(7-9-15)20-13-21(30-29-20)22(18-11-10-16(25)12-19(18)26)28-23(31)27-17-4-2-1-3-5-17/h6-12,17,20,22,29H,1-5,13H2,(H2,27,28,31). The largest absolute Gasteiger partial charge is 0.360 e. The Kier molecular flexibility index (Phi) is 7.75. The van der Waals surface area contributed by atoms with Gasteiger partial charge in [0.1, 0.15) is 0 Å². The number of hydrazone groups is 1. The summed E-state index contributed by atoms with van der Waals surface area (Å²) in [6.45, 7) is 0. The van der Waals surface area contributed by atoms with Gasteiger partial charge in [0.25, 0.3) is 0 Å². The first kappa shape index (κ1) is 22.8. The molecular weight excluding hydrogens is 515 g/mol. The van der Waals surface area contributed by atoms with Crippen molar-refractivity contribution in [1.29, 1.82) is 0 Å². The van der Waals surface area contributed by atoms with Crippen LogP contribution < -0.4 is 16.1 Å². The molecule has 1 heterocycles. The molecule has 0 amide bonds. The highest BCUT2D eigenvalue weighted by Crippen LogP contribution is 2.32. The van der Waals surface area contributed by atoms with Crippen LogP contribution in [0.1, 0.15) is 61.7 Å². The highest BCUT2D eigenvalue weighted by molar-refractivity contribution is 9.10. The van der Waals surface area contributed by atoms with Crippen molar-refractivity contribution in [2.24, 2.45) is 5.10 Å². The summed E-state index contributed by atoms with van der Waals surface area (Å²) < 4.78 is 1.06. The highest BCUT2D eigenvalue weighted by atomic mass is 79.9. The maximum Gasteiger partial charge on any atom is 0.167 e. The number of halogens is 3. The first-order valence-corrected chi connectivity index (χ1v) is 12.5. The van der Waals surface area contributed by atoms with Crippen LogP contribution in [-0.2, 0) is 0 Å². The Morgan fingerprint density at radius 1 is 1.10 bits per heavy atom. The zero-order chi connectivity index (χ0) is 21.8. The molecule has 0 radical (unpaired) electrons. The van der Waals surface area contributed by atoms with Gasteiger partial charge in [0.15, 0.2) is 5.11 Å². The minimum atomic E-state index is -0.235. The van der Waals surface area contributed by atoms with Crippen LogP contribution in [0.4, 0.5) is 0 Å². The number of benzene rings is 2. The Bertz CT molecular complexity index is 961. The van der Waals surface area contributed by atoms with E-state index in [0.29, 0.717) is 21.2 Å². The fourth-order valence-corrected chi connectivity index (χ4v) is 5.28. The minimum Gasteiger partial charge on any atom is -0.360 e. The zero-order valence-corrected chi connectivity index (χ0v) is 20.9. The first-order chi connectivity index (χ1) is 15.0. The van der Waals surface area contributed by atoms with Crippen molar-refractivity contribution in [2.45, 2.75) is 56.7 Å². The molecule has 0 bridgehead atoms. The fraction of sp³-hybridized carbons (Fsp3) is 0.391. The predicted molar refractivity (Wildman–Crippen MR) is 137 cm³/mol. The van der Waals surface area contributed by atoms with E-state index in [0.717, 1.165) is 35.0 Å². The number of nitrogens with zero attached hydrogens (tertiary/aromatic N) is 1. The summed E-state index contributed by atoms with van der Waals surface area (Å²) >= 11 is 21.9. The Labute approximate surface area is 207 Å². The molecule has 0 spiro atoms. The molecule has 0 saturated heterocycles. The van der Waals surface area contributed by atoms with Crippen molar-refractivity contribution < 1.29 is 0 Å². The van der Waals surface area contributed by atoms with Crippen LogP contribution in [-0.4, -0.2) is 16.9 Å². The lowest BCUT2D eigenvalue weighted by Crippen LogP contribution is -2.45. The van der Waals surface area contributed by atoms with Crippen LogP contribution in [0.25, 0.3) is 0 Å². The molecule has 2 atom stereocenters. The molecule has 164 valence electrons. The Hall–Kier alpha value is -1.34. The van der Waals surface area contributed by atoms with Crippen LogP contribution in [0.15, 0.2) is 52.0 Å². The van der Waals surface area contributed by atoms with Gasteiger partial charge in [-0.15, -0.1) is 0 Å². The van der Waals surface area contributed by atoms with Gasteiger partial charge in [-0.2, -0.15) is 5.10 Å². The van der Waals surface area contributed by atoms with Gasteiger partial charge in [0, 0.05) is 27.0 Å². The number of nitrogens with one attached hydrogen (secondary N) is 3. The average Bonchev–Trinajstić information content (AvgIpc) is 3.24. The third-order valence-electron chi connectivity index (χ3n) is 5.87. The van der Waals surface area contributed by atoms with E-state index in [2.05, 4.69) is 49.2 Å². The summed E-state index contributed by atoms with van der Waals surface area (Å²) in [6.07, 6.45) is 6.87. The van der Waals surface area contributed by atoms with Crippen molar-refractivity contribution in [3.05, 3.63) is 68.1 Å². The molecule has 1 aliphatic carbocycles. The summed E-state index contributed by atoms with van der Waals surface area (Å²) in [5.41, 5.74) is 6.34. The van der Waals surface area contributed by atoms with Gasteiger partial charge in [-0.3, -0.25) is 0 Å². The molecule has 1 fully saturated rings. The first-order valence-electron chi connectivity index (χ1n) is 10.6. The molecule has 1 saturated carbocycles. The van der Waals surface area contributed by atoms with E-state index in [4.69, 9.17) is 35.4 Å². The van der Waals surface area contributed by atoms with E-state index in [1.165, 1.54) is 24.8 Å². The Morgan fingerprint density at radius 3 is 2.55 bits per heavy atom. The zero-order valence-electron chi connectivity index (χ0n) is 17.0. The quantitative estimate of drug-likeness (QED) is 0.371. The van der Waals surface area contributed by atoms with Crippen molar-refractivity contribution in [2.75, 3.05) is 0 Å². The molecule has 2 aliphatic rings. The van der Waals surface area contributed by atoms with Crippen LogP contribution >= 0.6 is 51.3 Å². The molecule has 4 rings (SSSR count). The maximum absolute atomic E-state index is 6.58. The second-order valence-electron chi connectivity index (χ2n) is 8.09. The number of hydrogen-bond donors (Lipinski definition) is 3. The minimum absolute atomic E-state index is 0.110. The van der Waals surface area contributed by atoms with Crippen molar-refractivity contribution >= 4 is 62.2 Å². The topological polar surface area (TPSA) is 48.5 Å². The van der Waals surface area contributed by atoms with E-state index >= 15 is 0 Å². The third-order valence-corrected chi connectivity index (χ3v) is 7.20. The van der Waals surface area contributed by atoms with E-state index in [-0.39, 0.29) is 12.1 Å². The molecule has 0 aromatic heterocycles. The maximum atomic E-state index is 6.58. The second kappa shape index (κ2) is 10.5. The smallest absolute Gasteiger partial charge is 0.167 e. The third kappa shape index (κ3) is 5.92. The van der Waals surface area contributed by atoms with Gasteiger partial charge < -0.3 is 16.1 Å². The molecule has 4 nitrogen and oxygen atoms in total. The van der Waals surface area contributed by atoms with Crippen LogP contribution in [0.5, 0.6) is 0 Å². The lowest BCUT2D eigenvalue weighted by molar-refractivity contribution is 0.411. The van der Waals surface area contributed by atoms with Crippen LogP contribution in [0, 0.1) is 0 Å². The van der Waals surface area contributed by atoms with Gasteiger partial charge >= 0.3 is 0 Å². The van der Waals surface area contributed by atoms with Crippen LogP contribution in [0.3, 0.4) is 0 Å². The van der Waals surface area contributed by atoms with E-state index in [1.807, 2.05) is 24.3 Å². The summed E-state index contributed by atoms with van der Waals surface area (Å²) in [7, 11) is 0. The van der Waals surface area contributed by atoms with E-state index < -0.39 is 0 Å². The number of thiocarbonyl (C=S) groups is 1. The van der Waals surface area contributed by atoms with Gasteiger partial charge in [-0.05, 0) is 60.5 Å². The number of rotatable bonds is 5. The van der Waals surface area contributed by atoms with Gasteiger partial charge in [0.2, 0.25) is 0 Å². The molecule has 31 heavy (non-hydrogen) atoms. The molecule has 1 aliphatic heterocycles. The van der Waals surface area contributed by atoms with Crippen LogP contribution in [0.2, 0.25) is 10.0 Å². The summed E-state index contributed by atoms with van der Waals surface area (Å²) in [4.78, 5) is 0. The van der Waals surface area contributed by atoms with Crippen molar-refractivity contribution in [1.82, 2.24) is 16.1 Å². The highest BCUT2D eigenvalue weighted by Gasteiger charge is 2.29. The second-order valence-corrected chi connectivity index (χ2v) is 10.3. The normalized spacial score (nSPS) is 20.0. The molecule has 2 aromatic rings. The molecule has 3 N–H and O–H groups in total. The van der Waals surface area contributed by atoms with Gasteiger partial charge in [0.05, 0.1) is 17.8 Å². The summed E-state index contributed by atoms with van der Waals surface area (Å²) in [5, 5.41) is 13.5. The molecule has 2 aromatic carbocycles. The number of hydrogen-bond acceptors (Lipinski definition) is 3. The predicted octanol–water partition coefficient (Wildman–Crippen LogP) is 6.68. The average molecular weight is 540 g/mol. The summed E-state index contributed by atoms with van der Waals surface area (Å²) in [6, 6.07) is 14.2. The summed E-state index contributed by atoms with van der Waals surface area (Å²) in [5.74, 6) is 0. The SMILES string of the molecule is S=C(NC1CCCCC1)NC(C1=NNC(c2ccc(Br)cc2)C1)c1ccc(Cl)cc1Cl. The van der Waals surface area contributed by atoms with Crippen molar-refractivity contribution in [3.63, 3.8) is 0 Å².